The predicted molar refractivity (Wildman–Crippen MR) is 172 cm³/mol. The molecule has 4 heterocycles. The molecule has 246 valence electrons. The first-order valence-electron chi connectivity index (χ1n) is 15.4. The summed E-state index contributed by atoms with van der Waals surface area (Å²) in [5.41, 5.74) is -2.64. The number of esters is 1. The molecule has 0 radical (unpaired) electrons. The average Bonchev–Trinajstić information content (AvgIpc) is 3.54. The summed E-state index contributed by atoms with van der Waals surface area (Å²) in [5.74, 6) is -5.62. The van der Waals surface area contributed by atoms with Crippen LogP contribution >= 0.6 is 0 Å². The molecule has 7 rings (SSSR count). The summed E-state index contributed by atoms with van der Waals surface area (Å²) in [6.45, 7) is 9.48. The standard InChI is InChI=1S/C36H33N3O9/c1-7-34(3,4)29-20(19-10-8-9-11-22(19)37-29)14-23-31(43)39-35(15-18(40)13-25(46-5)30(35)42)21-16-36(39,33(45)38-23)48-28-17(2)12-24(41)27(26(21)28)32(44)47-6/h7-14,21,37,41H,1,15-16H2,2-6H3,(H,38,45)/b23-14-/t21-,35+,36+/m0/s1. The number of aromatic amines is 1. The maximum atomic E-state index is 14.9. The molecule has 0 saturated carbocycles. The van der Waals surface area contributed by atoms with Gasteiger partial charge in [-0.3, -0.25) is 24.1 Å². The fraction of sp³-hybridized carbons (Fsp3) is 0.306. The van der Waals surface area contributed by atoms with Crippen LogP contribution in [0.25, 0.3) is 17.0 Å². The van der Waals surface area contributed by atoms with Crippen molar-refractivity contribution in [3.05, 3.63) is 88.5 Å². The van der Waals surface area contributed by atoms with E-state index in [0.717, 1.165) is 34.7 Å². The number of Topliss-reactive ketones (excluding diaryl/α,β-unsaturated/α-hetero) is 1. The fourth-order valence-electron chi connectivity index (χ4n) is 7.78. The van der Waals surface area contributed by atoms with Crippen molar-refractivity contribution in [2.24, 2.45) is 0 Å². The third kappa shape index (κ3) is 3.85. The van der Waals surface area contributed by atoms with E-state index < -0.39 is 64.1 Å². The van der Waals surface area contributed by atoms with Crippen LogP contribution in [0.1, 0.15) is 65.3 Å². The van der Waals surface area contributed by atoms with Crippen molar-refractivity contribution in [2.75, 3.05) is 14.2 Å². The summed E-state index contributed by atoms with van der Waals surface area (Å²) in [5, 5.41) is 14.5. The van der Waals surface area contributed by atoms with Gasteiger partial charge < -0.3 is 29.6 Å². The van der Waals surface area contributed by atoms with E-state index in [9.17, 15) is 29.1 Å². The van der Waals surface area contributed by atoms with Crippen LogP contribution < -0.4 is 10.1 Å². The molecule has 2 amide bonds. The first kappa shape index (κ1) is 31.0. The molecule has 2 saturated heterocycles. The molecule has 3 aliphatic heterocycles. The van der Waals surface area contributed by atoms with Crippen LogP contribution in [-0.2, 0) is 34.1 Å². The quantitative estimate of drug-likeness (QED) is 0.211. The van der Waals surface area contributed by atoms with E-state index in [1.165, 1.54) is 13.2 Å². The fourth-order valence-corrected chi connectivity index (χ4v) is 7.78. The van der Waals surface area contributed by atoms with E-state index in [2.05, 4.69) is 16.9 Å². The number of aromatic hydroxyl groups is 1. The van der Waals surface area contributed by atoms with Crippen molar-refractivity contribution in [3.63, 3.8) is 0 Å². The predicted octanol–water partition coefficient (Wildman–Crippen LogP) is 3.82. The Morgan fingerprint density at radius 2 is 1.92 bits per heavy atom. The summed E-state index contributed by atoms with van der Waals surface area (Å²) in [6, 6.07) is 8.78. The number of H-pyrrole nitrogens is 1. The highest BCUT2D eigenvalue weighted by Gasteiger charge is 2.76. The Morgan fingerprint density at radius 3 is 2.60 bits per heavy atom. The molecule has 2 bridgehead atoms. The lowest BCUT2D eigenvalue weighted by Crippen LogP contribution is -2.72. The van der Waals surface area contributed by atoms with Crippen molar-refractivity contribution in [1.29, 1.82) is 0 Å². The zero-order valence-electron chi connectivity index (χ0n) is 27.0. The van der Waals surface area contributed by atoms with E-state index in [4.69, 9.17) is 14.2 Å². The molecule has 12 nitrogen and oxygen atoms in total. The lowest BCUT2D eigenvalue weighted by atomic mass is 9.69. The zero-order chi connectivity index (χ0) is 34.5. The van der Waals surface area contributed by atoms with Gasteiger partial charge in [-0.1, -0.05) is 38.1 Å². The first-order chi connectivity index (χ1) is 22.7. The molecular formula is C36H33N3O9. The smallest absolute Gasteiger partial charge is 0.342 e. The number of nitrogens with one attached hydrogen (secondary N) is 2. The molecular weight excluding hydrogens is 618 g/mol. The highest BCUT2D eigenvalue weighted by atomic mass is 16.5. The van der Waals surface area contributed by atoms with Gasteiger partial charge in [-0.05, 0) is 30.7 Å². The second kappa shape index (κ2) is 10.2. The number of rotatable bonds is 5. The SMILES string of the molecule is C=CC(C)(C)c1[nH]c2ccccc2c1/C=C1\NC(=O)[C@@]23C[C@@H](c4c(c(C)cc(O)c4C(=O)OC)O2)[C@@]2(CC(=O)C=C(OC)C2=O)N3C1=O. The molecule has 2 aromatic carbocycles. The van der Waals surface area contributed by atoms with Gasteiger partial charge in [-0.15, -0.1) is 6.58 Å². The number of carbonyl (C=O) groups excluding carboxylic acids is 5. The van der Waals surface area contributed by atoms with Crippen LogP contribution in [0.15, 0.2) is 60.5 Å². The Morgan fingerprint density at radius 1 is 1.19 bits per heavy atom. The number of fused-ring (bicyclic) bond motifs is 6. The summed E-state index contributed by atoms with van der Waals surface area (Å²) in [7, 11) is 2.36. The van der Waals surface area contributed by atoms with E-state index in [1.54, 1.807) is 19.1 Å². The highest BCUT2D eigenvalue weighted by molar-refractivity contribution is 6.19. The Labute approximate surface area is 275 Å². The van der Waals surface area contributed by atoms with Crippen LogP contribution in [-0.4, -0.2) is 69.8 Å². The molecule has 0 unspecified atom stereocenters. The lowest BCUT2D eigenvalue weighted by molar-refractivity contribution is -0.177. The second-order valence-electron chi connectivity index (χ2n) is 13.1. The zero-order valence-corrected chi connectivity index (χ0v) is 27.0. The number of phenolic OH excluding ortho intramolecular Hbond substituents is 1. The summed E-state index contributed by atoms with van der Waals surface area (Å²) in [4.78, 5) is 75.0. The molecule has 4 aliphatic rings. The maximum absolute atomic E-state index is 14.9. The Bertz CT molecular complexity index is 2100. The number of allylic oxidation sites excluding steroid dienone is 2. The van der Waals surface area contributed by atoms with Crippen molar-refractivity contribution in [1.82, 2.24) is 15.2 Å². The van der Waals surface area contributed by atoms with Crippen molar-refractivity contribution in [3.8, 4) is 11.5 Å². The number of nitrogens with zero attached hydrogens (tertiary/aromatic N) is 1. The Balaban J connectivity index is 1.51. The third-order valence-electron chi connectivity index (χ3n) is 10.1. The Hall–Kier alpha value is -5.65. The number of methoxy groups -OCH3 is 2. The number of amides is 2. The van der Waals surface area contributed by atoms with Crippen LogP contribution in [0.2, 0.25) is 0 Å². The van der Waals surface area contributed by atoms with Crippen molar-refractivity contribution < 1.29 is 43.3 Å². The lowest BCUT2D eigenvalue weighted by Gasteiger charge is -2.47. The van der Waals surface area contributed by atoms with Gasteiger partial charge in [-0.25, -0.2) is 4.79 Å². The maximum Gasteiger partial charge on any atom is 0.342 e. The number of aryl methyl sites for hydroxylation is 1. The van der Waals surface area contributed by atoms with Crippen LogP contribution in [0.5, 0.6) is 11.5 Å². The van der Waals surface area contributed by atoms with Gasteiger partial charge in [0, 0.05) is 58.0 Å². The molecule has 12 heteroatoms. The molecule has 2 fully saturated rings. The average molecular weight is 652 g/mol. The molecule has 1 aromatic heterocycles. The molecule has 3 aromatic rings. The molecule has 3 N–H and O–H groups in total. The number of carbonyl (C=O) groups is 5. The number of phenols is 1. The third-order valence-corrected chi connectivity index (χ3v) is 10.1. The van der Waals surface area contributed by atoms with E-state index in [-0.39, 0.29) is 34.8 Å². The first-order valence-corrected chi connectivity index (χ1v) is 15.4. The largest absolute Gasteiger partial charge is 0.507 e. The van der Waals surface area contributed by atoms with E-state index in [0.29, 0.717) is 11.1 Å². The minimum atomic E-state index is -2.09. The molecule has 48 heavy (non-hydrogen) atoms. The summed E-state index contributed by atoms with van der Waals surface area (Å²) >= 11 is 0. The minimum absolute atomic E-state index is 0.0297. The minimum Gasteiger partial charge on any atom is -0.507 e. The molecule has 2 spiro atoms. The highest BCUT2D eigenvalue weighted by Crippen LogP contribution is 2.63. The number of aromatic nitrogens is 1. The van der Waals surface area contributed by atoms with Crippen LogP contribution in [0.3, 0.4) is 0 Å². The van der Waals surface area contributed by atoms with Gasteiger partial charge in [0.2, 0.25) is 5.78 Å². The van der Waals surface area contributed by atoms with Gasteiger partial charge in [0.25, 0.3) is 17.5 Å². The number of hydrogen-bond acceptors (Lipinski definition) is 9. The Kier molecular flexibility index (Phi) is 6.56. The number of benzene rings is 2. The number of ether oxygens (including phenoxy) is 3. The number of hydrogen-bond donors (Lipinski definition) is 3. The van der Waals surface area contributed by atoms with Gasteiger partial charge in [0.15, 0.2) is 11.5 Å². The van der Waals surface area contributed by atoms with Gasteiger partial charge in [0.05, 0.1) is 14.2 Å². The summed E-state index contributed by atoms with van der Waals surface area (Å²) < 4.78 is 16.8. The second-order valence-corrected chi connectivity index (χ2v) is 13.1. The van der Waals surface area contributed by atoms with Crippen molar-refractivity contribution in [2.45, 2.75) is 56.2 Å². The van der Waals surface area contributed by atoms with Crippen LogP contribution in [0, 0.1) is 6.92 Å². The topological polar surface area (TPSA) is 164 Å². The monoisotopic (exact) mass is 651 g/mol. The summed E-state index contributed by atoms with van der Waals surface area (Å²) in [6.07, 6.45) is 3.54. The van der Waals surface area contributed by atoms with Crippen molar-refractivity contribution >= 4 is 46.3 Å². The number of para-hydroxylation sites is 1. The molecule has 3 atom stereocenters. The van der Waals surface area contributed by atoms with Crippen LogP contribution in [0.4, 0.5) is 0 Å². The number of ketones is 2. The van der Waals surface area contributed by atoms with E-state index in [1.807, 2.05) is 38.1 Å². The van der Waals surface area contributed by atoms with E-state index >= 15 is 0 Å². The molecule has 1 aliphatic carbocycles. The van der Waals surface area contributed by atoms with Gasteiger partial charge in [0.1, 0.15) is 28.3 Å². The van der Waals surface area contributed by atoms with Gasteiger partial charge >= 0.3 is 5.97 Å². The normalized spacial score (nSPS) is 25.4. The van der Waals surface area contributed by atoms with Gasteiger partial charge in [-0.2, -0.15) is 0 Å². The number of piperazine rings is 1.